The molecule has 1 atom stereocenters. The zero-order valence-corrected chi connectivity index (χ0v) is 25.1. The van der Waals surface area contributed by atoms with Crippen molar-refractivity contribution in [2.24, 2.45) is 0 Å². The first-order chi connectivity index (χ1) is 20.3. The van der Waals surface area contributed by atoms with Crippen molar-refractivity contribution in [1.29, 1.82) is 0 Å². The molecule has 5 aromatic rings. The molecule has 226 valence electrons. The van der Waals surface area contributed by atoms with E-state index in [-0.39, 0.29) is 41.4 Å². The summed E-state index contributed by atoms with van der Waals surface area (Å²) >= 11 is 1.69. The number of thiazole rings is 1. The number of aromatic nitrogens is 5. The van der Waals surface area contributed by atoms with Crippen molar-refractivity contribution in [3.8, 4) is 11.5 Å². The number of nitrogens with one attached hydrogen (secondary N) is 2. The first-order valence-corrected chi connectivity index (χ1v) is 14.9. The lowest BCUT2D eigenvalue weighted by Crippen LogP contribution is -2.26. The summed E-state index contributed by atoms with van der Waals surface area (Å²) in [7, 11) is 0. The average molecular weight is 612 g/mol. The van der Waals surface area contributed by atoms with Gasteiger partial charge in [-0.05, 0) is 64.8 Å². The monoisotopic (exact) mass is 611 g/mol. The molecule has 9 nitrogen and oxygen atoms in total. The van der Waals surface area contributed by atoms with E-state index in [1.807, 2.05) is 44.5 Å². The topological polar surface area (TPSA) is 103 Å². The van der Waals surface area contributed by atoms with Gasteiger partial charge in [0.25, 0.3) is 5.91 Å². The van der Waals surface area contributed by atoms with Gasteiger partial charge in [0.15, 0.2) is 0 Å². The summed E-state index contributed by atoms with van der Waals surface area (Å²) in [5, 5.41) is 12.0. The first kappa shape index (κ1) is 29.0. The minimum absolute atomic E-state index is 0.0111. The van der Waals surface area contributed by atoms with Gasteiger partial charge in [-0.1, -0.05) is 11.2 Å². The number of carbonyl (C=O) groups excluding carboxylic acids is 1. The molecule has 1 aliphatic carbocycles. The molecule has 1 unspecified atom stereocenters. The van der Waals surface area contributed by atoms with Crippen molar-refractivity contribution in [2.45, 2.75) is 77.8 Å². The number of aryl methyl sites for hydroxylation is 2. The highest BCUT2D eigenvalue weighted by Gasteiger charge is 2.32. The molecule has 1 amide bonds. The first-order valence-electron chi connectivity index (χ1n) is 14.0. The van der Waals surface area contributed by atoms with Crippen LogP contribution in [0.3, 0.4) is 0 Å². The van der Waals surface area contributed by atoms with Crippen LogP contribution in [0, 0.1) is 6.92 Å². The maximum absolute atomic E-state index is 13.8. The number of carbonyl (C=O) groups is 1. The lowest BCUT2D eigenvalue weighted by molar-refractivity contribution is -0.139. The Morgan fingerprint density at radius 3 is 2.74 bits per heavy atom. The molecular formula is C30H32F3N7O2S. The van der Waals surface area contributed by atoms with Crippen LogP contribution in [0.25, 0.3) is 22.4 Å². The fraction of sp³-hybridized carbons (Fsp3) is 0.400. The molecule has 0 fully saturated rings. The molecule has 6 rings (SSSR count). The predicted molar refractivity (Wildman–Crippen MR) is 158 cm³/mol. The Morgan fingerprint density at radius 1 is 1.19 bits per heavy atom. The van der Waals surface area contributed by atoms with E-state index < -0.39 is 12.7 Å². The van der Waals surface area contributed by atoms with Gasteiger partial charge < -0.3 is 24.3 Å². The standard InChI is InChI=1S/C30H32F3N7O2S/c1-17-35-22-9-8-19(12-25(22)43-17)36-21-6-5-7-23-20(21)13-24(40(23)16-30(31,32)33)27-37-26(42-38-27)14-34-28(41)18-10-11-39(15-18)29(2,3)4/h5-7,10-11,13,15,19,36H,8-9,12,14,16H2,1-4H3,(H,34,41). The summed E-state index contributed by atoms with van der Waals surface area (Å²) in [4.78, 5) is 22.9. The van der Waals surface area contributed by atoms with Crippen LogP contribution in [-0.2, 0) is 31.5 Å². The van der Waals surface area contributed by atoms with Gasteiger partial charge >= 0.3 is 6.18 Å². The van der Waals surface area contributed by atoms with Gasteiger partial charge in [-0.25, -0.2) is 4.98 Å². The summed E-state index contributed by atoms with van der Waals surface area (Å²) in [5.74, 6) is -0.233. The summed E-state index contributed by atoms with van der Waals surface area (Å²) < 4.78 is 49.7. The second-order valence-electron chi connectivity index (χ2n) is 11.8. The molecule has 43 heavy (non-hydrogen) atoms. The van der Waals surface area contributed by atoms with Crippen molar-refractivity contribution < 1.29 is 22.5 Å². The zero-order chi connectivity index (χ0) is 30.5. The minimum Gasteiger partial charge on any atom is -0.381 e. The quantitative estimate of drug-likeness (QED) is 0.219. The van der Waals surface area contributed by atoms with E-state index >= 15 is 0 Å². The minimum atomic E-state index is -4.47. The number of benzene rings is 1. The summed E-state index contributed by atoms with van der Waals surface area (Å²) in [6.07, 6.45) is 1.66. The lowest BCUT2D eigenvalue weighted by Gasteiger charge is -2.24. The third kappa shape index (κ3) is 6.17. The number of nitrogens with zero attached hydrogens (tertiary/aromatic N) is 5. The van der Waals surface area contributed by atoms with Gasteiger partial charge in [-0.3, -0.25) is 4.79 Å². The Hall–Kier alpha value is -4.13. The van der Waals surface area contributed by atoms with Crippen molar-refractivity contribution >= 4 is 33.8 Å². The Morgan fingerprint density at radius 2 is 2.00 bits per heavy atom. The van der Waals surface area contributed by atoms with Crippen LogP contribution < -0.4 is 10.6 Å². The van der Waals surface area contributed by atoms with Crippen molar-refractivity contribution in [2.75, 3.05) is 5.32 Å². The van der Waals surface area contributed by atoms with Crippen LogP contribution in [0.1, 0.15) is 59.0 Å². The number of alkyl halides is 3. The van der Waals surface area contributed by atoms with Gasteiger partial charge in [0.2, 0.25) is 11.7 Å². The number of amides is 1. The van der Waals surface area contributed by atoms with Crippen LogP contribution in [0.4, 0.5) is 18.9 Å². The molecule has 4 aromatic heterocycles. The maximum Gasteiger partial charge on any atom is 0.406 e. The number of anilines is 1. The van der Waals surface area contributed by atoms with Crippen molar-refractivity contribution in [3.63, 3.8) is 0 Å². The Kier molecular flexibility index (Phi) is 7.31. The lowest BCUT2D eigenvalue weighted by atomic mass is 9.97. The van der Waals surface area contributed by atoms with Crippen molar-refractivity contribution in [3.05, 3.63) is 69.8 Å². The van der Waals surface area contributed by atoms with E-state index in [0.717, 1.165) is 40.2 Å². The number of rotatable bonds is 7. The van der Waals surface area contributed by atoms with Gasteiger partial charge in [0.05, 0.1) is 34.0 Å². The molecule has 1 aliphatic rings. The Balaban J connectivity index is 1.25. The molecule has 0 spiro atoms. The van der Waals surface area contributed by atoms with Gasteiger partial charge in [-0.2, -0.15) is 18.2 Å². The Bertz CT molecular complexity index is 1790. The number of hydrogen-bond acceptors (Lipinski definition) is 7. The summed E-state index contributed by atoms with van der Waals surface area (Å²) in [6.45, 7) is 6.80. The van der Waals surface area contributed by atoms with Crippen LogP contribution in [0.5, 0.6) is 0 Å². The molecule has 0 saturated carbocycles. The number of halogens is 3. The summed E-state index contributed by atoms with van der Waals surface area (Å²) in [6, 6.07) is 8.79. The fourth-order valence-corrected chi connectivity index (χ4v) is 6.49. The highest BCUT2D eigenvalue weighted by Crippen LogP contribution is 2.36. The van der Waals surface area contributed by atoms with Crippen LogP contribution in [0.15, 0.2) is 47.2 Å². The number of fused-ring (bicyclic) bond motifs is 2. The van der Waals surface area contributed by atoms with E-state index in [9.17, 15) is 18.0 Å². The van der Waals surface area contributed by atoms with Gasteiger partial charge in [0, 0.05) is 46.3 Å². The molecule has 13 heteroatoms. The molecule has 2 N–H and O–H groups in total. The maximum atomic E-state index is 13.8. The molecular weight excluding hydrogens is 579 g/mol. The number of hydrogen-bond donors (Lipinski definition) is 2. The second kappa shape index (κ2) is 10.9. The fourth-order valence-electron chi connectivity index (χ4n) is 5.43. The molecule has 1 aromatic carbocycles. The van der Waals surface area contributed by atoms with Crippen molar-refractivity contribution in [1.82, 2.24) is 29.6 Å². The third-order valence-electron chi connectivity index (χ3n) is 7.52. The smallest absolute Gasteiger partial charge is 0.381 e. The van der Waals surface area contributed by atoms with Crippen LogP contribution >= 0.6 is 11.3 Å². The third-order valence-corrected chi connectivity index (χ3v) is 8.55. The van der Waals surface area contributed by atoms with E-state index in [4.69, 9.17) is 4.52 Å². The molecule has 0 radical (unpaired) electrons. The second-order valence-corrected chi connectivity index (χ2v) is 13.1. The molecule has 0 aliphatic heterocycles. The van der Waals surface area contributed by atoms with Crippen LogP contribution in [-0.4, -0.2) is 42.4 Å². The van der Waals surface area contributed by atoms with Crippen LogP contribution in [0.2, 0.25) is 0 Å². The SMILES string of the molecule is Cc1nc2c(s1)CC(Nc1cccc3c1cc(-c1noc(CNC(=O)c4ccn(C(C)(C)C)c4)n1)n3CC(F)(F)F)CC2. The van der Waals surface area contributed by atoms with E-state index in [0.29, 0.717) is 16.5 Å². The largest absolute Gasteiger partial charge is 0.406 e. The highest BCUT2D eigenvalue weighted by molar-refractivity contribution is 7.11. The Labute approximate surface area is 250 Å². The molecule has 0 saturated heterocycles. The summed E-state index contributed by atoms with van der Waals surface area (Å²) in [5.41, 5.74) is 2.77. The highest BCUT2D eigenvalue weighted by atomic mass is 32.1. The van der Waals surface area contributed by atoms with E-state index in [2.05, 4.69) is 25.8 Å². The van der Waals surface area contributed by atoms with Gasteiger partial charge in [0.1, 0.15) is 6.54 Å². The normalized spacial score (nSPS) is 15.6. The average Bonchev–Trinajstić information content (AvgIpc) is 3.72. The molecule has 4 heterocycles. The van der Waals surface area contributed by atoms with Gasteiger partial charge in [-0.15, -0.1) is 11.3 Å². The predicted octanol–water partition coefficient (Wildman–Crippen LogP) is 6.47. The molecule has 0 bridgehead atoms. The van der Waals surface area contributed by atoms with E-state index in [1.54, 1.807) is 41.8 Å². The zero-order valence-electron chi connectivity index (χ0n) is 24.2. The van der Waals surface area contributed by atoms with E-state index in [1.165, 1.54) is 4.88 Å².